The SMILES string of the molecule is CC(C)c1ccc(/C=C2\SC(=S)N([C@H](C(=O)O)C(C)C)C2=O)cc1. The van der Waals surface area contributed by atoms with Crippen LogP contribution < -0.4 is 0 Å². The van der Waals surface area contributed by atoms with Crippen LogP contribution in [-0.2, 0) is 9.59 Å². The van der Waals surface area contributed by atoms with Crippen molar-refractivity contribution in [2.45, 2.75) is 39.7 Å². The lowest BCUT2D eigenvalue weighted by Gasteiger charge is -2.26. The Morgan fingerprint density at radius 2 is 1.79 bits per heavy atom. The molecule has 1 aromatic rings. The molecular formula is C18H21NO3S2. The fourth-order valence-corrected chi connectivity index (χ4v) is 3.87. The Labute approximate surface area is 151 Å². The molecule has 1 heterocycles. The van der Waals surface area contributed by atoms with E-state index in [0.717, 1.165) is 17.3 Å². The second-order valence-corrected chi connectivity index (χ2v) is 8.08. The topological polar surface area (TPSA) is 57.6 Å². The molecule has 128 valence electrons. The number of carbonyl (C=O) groups is 2. The van der Waals surface area contributed by atoms with Crippen LogP contribution in [0.4, 0.5) is 0 Å². The molecule has 2 rings (SSSR count). The first-order valence-electron chi connectivity index (χ1n) is 7.82. The van der Waals surface area contributed by atoms with Crippen LogP contribution in [-0.4, -0.2) is 32.2 Å². The quantitative estimate of drug-likeness (QED) is 0.630. The summed E-state index contributed by atoms with van der Waals surface area (Å²) < 4.78 is 0.297. The van der Waals surface area contributed by atoms with Gasteiger partial charge in [0, 0.05) is 0 Å². The molecule has 1 atom stereocenters. The molecule has 0 unspecified atom stereocenters. The summed E-state index contributed by atoms with van der Waals surface area (Å²) in [4.78, 5) is 25.8. The summed E-state index contributed by atoms with van der Waals surface area (Å²) in [6.45, 7) is 7.79. The van der Waals surface area contributed by atoms with Crippen molar-refractivity contribution < 1.29 is 14.7 Å². The van der Waals surface area contributed by atoms with Crippen LogP contribution in [0.25, 0.3) is 6.08 Å². The van der Waals surface area contributed by atoms with Gasteiger partial charge in [-0.05, 0) is 29.0 Å². The Balaban J connectivity index is 2.29. The molecule has 0 bridgehead atoms. The van der Waals surface area contributed by atoms with Crippen LogP contribution in [0, 0.1) is 5.92 Å². The van der Waals surface area contributed by atoms with Crippen LogP contribution in [0.2, 0.25) is 0 Å². The van der Waals surface area contributed by atoms with E-state index in [-0.39, 0.29) is 11.8 Å². The van der Waals surface area contributed by atoms with Crippen molar-refractivity contribution in [3.05, 3.63) is 40.3 Å². The lowest BCUT2D eigenvalue weighted by Crippen LogP contribution is -2.47. The van der Waals surface area contributed by atoms with Gasteiger partial charge in [-0.1, -0.05) is 75.9 Å². The summed E-state index contributed by atoms with van der Waals surface area (Å²) in [5.74, 6) is -1.16. The largest absolute Gasteiger partial charge is 0.480 e. The fourth-order valence-electron chi connectivity index (χ4n) is 2.54. The molecule has 1 aliphatic heterocycles. The van der Waals surface area contributed by atoms with Gasteiger partial charge in [-0.3, -0.25) is 9.69 Å². The van der Waals surface area contributed by atoms with Gasteiger partial charge in [0.2, 0.25) is 0 Å². The first kappa shape index (κ1) is 18.7. The highest BCUT2D eigenvalue weighted by Gasteiger charge is 2.41. The van der Waals surface area contributed by atoms with Crippen molar-refractivity contribution in [3.63, 3.8) is 0 Å². The van der Waals surface area contributed by atoms with Gasteiger partial charge < -0.3 is 5.11 Å². The zero-order valence-electron chi connectivity index (χ0n) is 14.1. The van der Waals surface area contributed by atoms with Crippen LogP contribution in [0.15, 0.2) is 29.2 Å². The number of aliphatic carboxylic acids is 1. The van der Waals surface area contributed by atoms with Gasteiger partial charge in [-0.15, -0.1) is 0 Å². The van der Waals surface area contributed by atoms with Gasteiger partial charge in [0.15, 0.2) is 0 Å². The van der Waals surface area contributed by atoms with E-state index < -0.39 is 12.0 Å². The third kappa shape index (κ3) is 3.87. The highest BCUT2D eigenvalue weighted by atomic mass is 32.2. The standard InChI is InChI=1S/C18H21NO3S2/c1-10(2)13-7-5-12(6-8-13)9-14-16(20)19(18(23)24-14)15(11(3)4)17(21)22/h5-11,15H,1-4H3,(H,21,22)/b14-9-/t15-/m0/s1. The molecule has 1 aromatic carbocycles. The van der Waals surface area contributed by atoms with Gasteiger partial charge in [0.05, 0.1) is 4.91 Å². The molecule has 0 aromatic heterocycles. The van der Waals surface area contributed by atoms with E-state index in [1.807, 2.05) is 24.3 Å². The smallest absolute Gasteiger partial charge is 0.327 e. The highest BCUT2D eigenvalue weighted by Crippen LogP contribution is 2.35. The van der Waals surface area contributed by atoms with E-state index >= 15 is 0 Å². The molecule has 1 saturated heterocycles. The second kappa shape index (κ2) is 7.49. The van der Waals surface area contributed by atoms with Crippen molar-refractivity contribution in [3.8, 4) is 0 Å². The van der Waals surface area contributed by atoms with E-state index in [4.69, 9.17) is 12.2 Å². The summed E-state index contributed by atoms with van der Waals surface area (Å²) in [6, 6.07) is 7.04. The summed E-state index contributed by atoms with van der Waals surface area (Å²) in [6.07, 6.45) is 1.77. The second-order valence-electron chi connectivity index (χ2n) is 6.40. The number of hydrogen-bond donors (Lipinski definition) is 1. The van der Waals surface area contributed by atoms with Gasteiger partial charge in [0.1, 0.15) is 10.4 Å². The fraction of sp³-hybridized carbons (Fsp3) is 0.389. The average Bonchev–Trinajstić information content (AvgIpc) is 2.75. The first-order chi connectivity index (χ1) is 11.2. The predicted molar refractivity (Wildman–Crippen MR) is 102 cm³/mol. The number of hydrogen-bond acceptors (Lipinski definition) is 4. The number of carboxylic acids is 1. The number of rotatable bonds is 5. The maximum absolute atomic E-state index is 12.6. The number of benzene rings is 1. The van der Waals surface area contributed by atoms with Crippen LogP contribution >= 0.6 is 24.0 Å². The van der Waals surface area contributed by atoms with Crippen molar-refractivity contribution in [1.82, 2.24) is 4.90 Å². The van der Waals surface area contributed by atoms with Crippen molar-refractivity contribution in [1.29, 1.82) is 0 Å². The predicted octanol–water partition coefficient (Wildman–Crippen LogP) is 4.12. The number of thioether (sulfide) groups is 1. The average molecular weight is 364 g/mol. The number of amides is 1. The zero-order chi connectivity index (χ0) is 18.0. The van der Waals surface area contributed by atoms with Crippen molar-refractivity contribution >= 4 is 46.3 Å². The minimum atomic E-state index is -1.04. The Morgan fingerprint density at radius 1 is 1.21 bits per heavy atom. The molecular weight excluding hydrogens is 342 g/mol. The molecule has 1 amide bonds. The molecule has 1 fully saturated rings. The van der Waals surface area contributed by atoms with E-state index in [2.05, 4.69) is 13.8 Å². The number of thiocarbonyl (C=S) groups is 1. The summed E-state index contributed by atoms with van der Waals surface area (Å²) in [5.41, 5.74) is 2.13. The molecule has 6 heteroatoms. The molecule has 24 heavy (non-hydrogen) atoms. The number of carboxylic acid groups (broad SMARTS) is 1. The van der Waals surface area contributed by atoms with E-state index in [1.165, 1.54) is 10.5 Å². The van der Waals surface area contributed by atoms with Crippen molar-refractivity contribution in [2.75, 3.05) is 0 Å². The Bertz CT molecular complexity index is 693. The Hall–Kier alpha value is -1.66. The lowest BCUT2D eigenvalue weighted by atomic mass is 10.0. The number of nitrogens with zero attached hydrogens (tertiary/aromatic N) is 1. The van der Waals surface area contributed by atoms with Gasteiger partial charge in [-0.25, -0.2) is 4.79 Å². The maximum atomic E-state index is 12.6. The summed E-state index contributed by atoms with van der Waals surface area (Å²) in [7, 11) is 0. The monoisotopic (exact) mass is 363 g/mol. The Morgan fingerprint density at radius 3 is 2.25 bits per heavy atom. The Kier molecular flexibility index (Phi) is 5.83. The molecule has 4 nitrogen and oxygen atoms in total. The lowest BCUT2D eigenvalue weighted by molar-refractivity contribution is -0.146. The van der Waals surface area contributed by atoms with Gasteiger partial charge >= 0.3 is 5.97 Å². The maximum Gasteiger partial charge on any atom is 0.327 e. The zero-order valence-corrected chi connectivity index (χ0v) is 15.8. The third-order valence-electron chi connectivity index (χ3n) is 3.89. The van der Waals surface area contributed by atoms with Crippen LogP contribution in [0.3, 0.4) is 0 Å². The van der Waals surface area contributed by atoms with E-state index in [9.17, 15) is 14.7 Å². The summed E-state index contributed by atoms with van der Waals surface area (Å²) >= 11 is 6.40. The summed E-state index contributed by atoms with van der Waals surface area (Å²) in [5, 5.41) is 9.42. The molecule has 0 radical (unpaired) electrons. The molecule has 0 spiro atoms. The van der Waals surface area contributed by atoms with Crippen LogP contribution in [0.1, 0.15) is 44.7 Å². The molecule has 0 aliphatic carbocycles. The van der Waals surface area contributed by atoms with E-state index in [0.29, 0.717) is 15.1 Å². The van der Waals surface area contributed by atoms with Gasteiger partial charge in [-0.2, -0.15) is 0 Å². The molecule has 0 saturated carbocycles. The highest BCUT2D eigenvalue weighted by molar-refractivity contribution is 8.26. The van der Waals surface area contributed by atoms with Crippen molar-refractivity contribution in [2.24, 2.45) is 5.92 Å². The first-order valence-corrected chi connectivity index (χ1v) is 9.04. The molecule has 1 aliphatic rings. The minimum absolute atomic E-state index is 0.227. The minimum Gasteiger partial charge on any atom is -0.480 e. The number of carbonyl (C=O) groups excluding carboxylic acids is 1. The third-order valence-corrected chi connectivity index (χ3v) is 5.22. The normalized spacial score (nSPS) is 18.1. The van der Waals surface area contributed by atoms with Gasteiger partial charge in [0.25, 0.3) is 5.91 Å². The molecule has 1 N–H and O–H groups in total. The van der Waals surface area contributed by atoms with E-state index in [1.54, 1.807) is 19.9 Å². The van der Waals surface area contributed by atoms with Crippen LogP contribution in [0.5, 0.6) is 0 Å².